The van der Waals surface area contributed by atoms with E-state index in [9.17, 15) is 9.59 Å². The standard InChI is InChI=1S/C15H17NO4/c1-4-5-16(9-15(18)19)14(17)10-20-13-7-11(2)6-12(3)8-13/h1,6-8H,5,9-10H2,2-3H3,(H,18,19). The molecular weight excluding hydrogens is 258 g/mol. The number of hydrogen-bond donors (Lipinski definition) is 1. The lowest BCUT2D eigenvalue weighted by Gasteiger charge is -2.18. The first-order valence-corrected chi connectivity index (χ1v) is 6.06. The monoisotopic (exact) mass is 275 g/mol. The maximum absolute atomic E-state index is 11.9. The minimum absolute atomic E-state index is 0.0542. The summed E-state index contributed by atoms with van der Waals surface area (Å²) in [5, 5.41) is 8.71. The summed E-state index contributed by atoms with van der Waals surface area (Å²) in [5.74, 6) is 1.27. The van der Waals surface area contributed by atoms with Crippen molar-refractivity contribution in [2.45, 2.75) is 13.8 Å². The third kappa shape index (κ3) is 5.02. The molecule has 0 unspecified atom stereocenters. The number of hydrogen-bond acceptors (Lipinski definition) is 3. The number of amides is 1. The van der Waals surface area contributed by atoms with Gasteiger partial charge in [0.25, 0.3) is 5.91 Å². The van der Waals surface area contributed by atoms with E-state index in [0.29, 0.717) is 5.75 Å². The highest BCUT2D eigenvalue weighted by Crippen LogP contribution is 2.16. The van der Waals surface area contributed by atoms with Crippen molar-refractivity contribution < 1.29 is 19.4 Å². The number of aliphatic carboxylic acids is 1. The quantitative estimate of drug-likeness (QED) is 0.793. The van der Waals surface area contributed by atoms with Crippen LogP contribution in [0.1, 0.15) is 11.1 Å². The molecule has 0 spiro atoms. The van der Waals surface area contributed by atoms with Gasteiger partial charge in [0, 0.05) is 0 Å². The number of carbonyl (C=O) groups is 2. The molecule has 0 aliphatic rings. The molecule has 106 valence electrons. The van der Waals surface area contributed by atoms with Crippen LogP contribution >= 0.6 is 0 Å². The lowest BCUT2D eigenvalue weighted by Crippen LogP contribution is -2.38. The van der Waals surface area contributed by atoms with Gasteiger partial charge in [-0.1, -0.05) is 12.0 Å². The summed E-state index contributed by atoms with van der Waals surface area (Å²) in [7, 11) is 0. The smallest absolute Gasteiger partial charge is 0.323 e. The molecule has 5 nitrogen and oxygen atoms in total. The molecule has 0 saturated heterocycles. The number of rotatable bonds is 6. The summed E-state index contributed by atoms with van der Waals surface area (Å²) >= 11 is 0. The van der Waals surface area contributed by atoms with Crippen LogP contribution in [0.15, 0.2) is 18.2 Å². The number of aryl methyl sites for hydroxylation is 2. The van der Waals surface area contributed by atoms with E-state index in [4.69, 9.17) is 16.3 Å². The van der Waals surface area contributed by atoms with E-state index in [1.165, 1.54) is 0 Å². The van der Waals surface area contributed by atoms with E-state index in [1.807, 2.05) is 32.0 Å². The largest absolute Gasteiger partial charge is 0.484 e. The number of carboxylic acid groups (broad SMARTS) is 1. The Kier molecular flexibility index (Phi) is 5.60. The fourth-order valence-corrected chi connectivity index (χ4v) is 1.76. The summed E-state index contributed by atoms with van der Waals surface area (Å²) in [4.78, 5) is 23.6. The van der Waals surface area contributed by atoms with Crippen LogP contribution in [-0.4, -0.2) is 41.6 Å². The summed E-state index contributed by atoms with van der Waals surface area (Å²) in [6.45, 7) is 3.13. The molecule has 0 saturated carbocycles. The second-order valence-electron chi connectivity index (χ2n) is 4.46. The van der Waals surface area contributed by atoms with Crippen LogP contribution in [0.3, 0.4) is 0 Å². The van der Waals surface area contributed by atoms with Gasteiger partial charge in [0.2, 0.25) is 0 Å². The molecule has 0 bridgehead atoms. The van der Waals surface area contributed by atoms with E-state index in [-0.39, 0.29) is 13.2 Å². The van der Waals surface area contributed by atoms with Crippen molar-refractivity contribution in [3.8, 4) is 18.1 Å². The maximum Gasteiger partial charge on any atom is 0.323 e. The second kappa shape index (κ2) is 7.19. The van der Waals surface area contributed by atoms with Gasteiger partial charge in [-0.3, -0.25) is 9.59 Å². The molecule has 1 aromatic carbocycles. The molecule has 0 aromatic heterocycles. The van der Waals surface area contributed by atoms with Gasteiger partial charge in [0.15, 0.2) is 6.61 Å². The fourth-order valence-electron chi connectivity index (χ4n) is 1.76. The van der Waals surface area contributed by atoms with E-state index >= 15 is 0 Å². The van der Waals surface area contributed by atoms with Gasteiger partial charge in [-0.05, 0) is 37.1 Å². The number of carboxylic acids is 1. The van der Waals surface area contributed by atoms with Crippen LogP contribution in [-0.2, 0) is 9.59 Å². The first kappa shape index (κ1) is 15.6. The summed E-state index contributed by atoms with van der Waals surface area (Å²) in [6, 6.07) is 5.61. The van der Waals surface area contributed by atoms with Gasteiger partial charge in [0.1, 0.15) is 12.3 Å². The van der Waals surface area contributed by atoms with Crippen LogP contribution in [0.5, 0.6) is 5.75 Å². The lowest BCUT2D eigenvalue weighted by molar-refractivity contribution is -0.144. The zero-order valence-electron chi connectivity index (χ0n) is 11.5. The molecular formula is C15H17NO4. The molecule has 1 rings (SSSR count). The van der Waals surface area contributed by atoms with Crippen molar-refractivity contribution in [2.24, 2.45) is 0 Å². The van der Waals surface area contributed by atoms with Gasteiger partial charge < -0.3 is 14.7 Å². The highest BCUT2D eigenvalue weighted by molar-refractivity contribution is 5.82. The average Bonchev–Trinajstić information content (AvgIpc) is 2.33. The molecule has 1 amide bonds. The predicted octanol–water partition coefficient (Wildman–Crippen LogP) is 1.23. The number of nitrogens with zero attached hydrogens (tertiary/aromatic N) is 1. The number of benzene rings is 1. The Labute approximate surface area is 118 Å². The van der Waals surface area contributed by atoms with Crippen molar-refractivity contribution in [2.75, 3.05) is 19.7 Å². The molecule has 20 heavy (non-hydrogen) atoms. The molecule has 0 fully saturated rings. The Hall–Kier alpha value is -2.48. The van der Waals surface area contributed by atoms with Crippen molar-refractivity contribution in [3.05, 3.63) is 29.3 Å². The van der Waals surface area contributed by atoms with Crippen molar-refractivity contribution in [3.63, 3.8) is 0 Å². The Bertz CT molecular complexity index is 525. The first-order valence-electron chi connectivity index (χ1n) is 6.06. The van der Waals surface area contributed by atoms with E-state index in [2.05, 4.69) is 5.92 Å². The molecule has 0 aliphatic heterocycles. The predicted molar refractivity (Wildman–Crippen MR) is 74.5 cm³/mol. The topological polar surface area (TPSA) is 66.8 Å². The number of carbonyl (C=O) groups excluding carboxylic acids is 1. The van der Waals surface area contributed by atoms with E-state index in [0.717, 1.165) is 16.0 Å². The summed E-state index contributed by atoms with van der Waals surface area (Å²) in [6.07, 6.45) is 5.11. The Morgan fingerprint density at radius 1 is 1.30 bits per heavy atom. The molecule has 1 aromatic rings. The zero-order valence-corrected chi connectivity index (χ0v) is 11.5. The third-order valence-electron chi connectivity index (χ3n) is 2.52. The maximum atomic E-state index is 11.9. The summed E-state index contributed by atoms with van der Waals surface area (Å²) in [5.41, 5.74) is 2.05. The summed E-state index contributed by atoms with van der Waals surface area (Å²) < 4.78 is 5.39. The van der Waals surface area contributed by atoms with Crippen LogP contribution in [0.2, 0.25) is 0 Å². The number of ether oxygens (including phenoxy) is 1. The van der Waals surface area contributed by atoms with Gasteiger partial charge >= 0.3 is 5.97 Å². The average molecular weight is 275 g/mol. The van der Waals surface area contributed by atoms with Gasteiger partial charge in [0.05, 0.1) is 6.54 Å². The van der Waals surface area contributed by atoms with Crippen molar-refractivity contribution in [1.82, 2.24) is 4.90 Å². The Morgan fingerprint density at radius 3 is 2.40 bits per heavy atom. The molecule has 0 radical (unpaired) electrons. The highest BCUT2D eigenvalue weighted by atomic mass is 16.5. The Balaban J connectivity index is 2.64. The first-order chi connectivity index (χ1) is 9.42. The van der Waals surface area contributed by atoms with Gasteiger partial charge in [-0.15, -0.1) is 6.42 Å². The normalized spacial score (nSPS) is 9.65. The zero-order chi connectivity index (χ0) is 15.1. The molecule has 0 atom stereocenters. The van der Waals surface area contributed by atoms with E-state index < -0.39 is 18.4 Å². The van der Waals surface area contributed by atoms with Gasteiger partial charge in [-0.25, -0.2) is 0 Å². The molecule has 5 heteroatoms. The third-order valence-corrected chi connectivity index (χ3v) is 2.52. The molecule has 1 N–H and O–H groups in total. The fraction of sp³-hybridized carbons (Fsp3) is 0.333. The van der Waals surface area contributed by atoms with Crippen LogP contribution < -0.4 is 4.74 Å². The van der Waals surface area contributed by atoms with Crippen LogP contribution in [0.25, 0.3) is 0 Å². The highest BCUT2D eigenvalue weighted by Gasteiger charge is 2.16. The van der Waals surface area contributed by atoms with Crippen molar-refractivity contribution >= 4 is 11.9 Å². The second-order valence-corrected chi connectivity index (χ2v) is 4.46. The Morgan fingerprint density at radius 2 is 1.90 bits per heavy atom. The minimum atomic E-state index is -1.11. The lowest BCUT2D eigenvalue weighted by atomic mass is 10.1. The SMILES string of the molecule is C#CCN(CC(=O)O)C(=O)COc1cc(C)cc(C)c1. The van der Waals surface area contributed by atoms with Gasteiger partial charge in [-0.2, -0.15) is 0 Å². The van der Waals surface area contributed by atoms with Crippen molar-refractivity contribution in [1.29, 1.82) is 0 Å². The molecule has 0 heterocycles. The number of terminal acetylenes is 1. The molecule has 0 aliphatic carbocycles. The minimum Gasteiger partial charge on any atom is -0.484 e. The van der Waals surface area contributed by atoms with E-state index in [1.54, 1.807) is 0 Å². The van der Waals surface area contributed by atoms with Crippen LogP contribution in [0.4, 0.5) is 0 Å². The van der Waals surface area contributed by atoms with Crippen LogP contribution in [0, 0.1) is 26.2 Å².